The normalized spacial score (nSPS) is 11.6. The van der Waals surface area contributed by atoms with Gasteiger partial charge in [-0.25, -0.2) is 9.97 Å². The standard InChI is InChI=1S/C53H41N5/c1-31-19-32(2)22-39(21-31)37-15-17-44-42-11-7-9-13-47(42)57(49(44)26-37)51-28-41(53-55-35(5)25-36(6)56-53)29-52(46(51)30-54)58-48-14-10-8-12-43(48)45-18-16-38(27-50(45)58)40-23-33(3)20-34(4)24-40/h7-29H,1-6H3. The first-order chi connectivity index (χ1) is 28.1. The molecule has 0 fully saturated rings. The molecule has 0 aliphatic heterocycles. The van der Waals surface area contributed by atoms with Gasteiger partial charge >= 0.3 is 0 Å². The molecule has 0 unspecified atom stereocenters. The van der Waals surface area contributed by atoms with Crippen LogP contribution in [0.4, 0.5) is 0 Å². The Morgan fingerprint density at radius 2 is 0.810 bits per heavy atom. The molecule has 0 saturated carbocycles. The van der Waals surface area contributed by atoms with Gasteiger partial charge in [0, 0.05) is 38.5 Å². The second-order valence-electron chi connectivity index (χ2n) is 15.9. The summed E-state index contributed by atoms with van der Waals surface area (Å²) in [5, 5.41) is 16.0. The van der Waals surface area contributed by atoms with E-state index < -0.39 is 0 Å². The highest BCUT2D eigenvalue weighted by atomic mass is 15.0. The number of para-hydroxylation sites is 2. The second kappa shape index (κ2) is 13.4. The minimum absolute atomic E-state index is 0.562. The van der Waals surface area contributed by atoms with Crippen molar-refractivity contribution >= 4 is 43.6 Å². The number of rotatable bonds is 5. The molecule has 5 heteroatoms. The summed E-state index contributed by atoms with van der Waals surface area (Å²) < 4.78 is 4.56. The van der Waals surface area contributed by atoms with E-state index in [-0.39, 0.29) is 0 Å². The molecule has 58 heavy (non-hydrogen) atoms. The summed E-state index contributed by atoms with van der Waals surface area (Å²) >= 11 is 0. The highest BCUT2D eigenvalue weighted by Crippen LogP contribution is 2.41. The van der Waals surface area contributed by atoms with Gasteiger partial charge in [-0.05, 0) is 106 Å². The maximum Gasteiger partial charge on any atom is 0.159 e. The fourth-order valence-electron chi connectivity index (χ4n) is 9.17. The Kier molecular flexibility index (Phi) is 8.14. The van der Waals surface area contributed by atoms with E-state index in [1.807, 2.05) is 19.9 Å². The van der Waals surface area contributed by atoms with Crippen molar-refractivity contribution in [3.05, 3.63) is 179 Å². The van der Waals surface area contributed by atoms with Crippen molar-refractivity contribution in [2.24, 2.45) is 0 Å². The molecule has 0 amide bonds. The van der Waals surface area contributed by atoms with Gasteiger partial charge in [0.25, 0.3) is 0 Å². The van der Waals surface area contributed by atoms with E-state index in [9.17, 15) is 5.26 Å². The zero-order valence-corrected chi connectivity index (χ0v) is 33.5. The zero-order chi connectivity index (χ0) is 39.8. The maximum absolute atomic E-state index is 11.5. The largest absolute Gasteiger partial charge is 0.308 e. The predicted molar refractivity (Wildman–Crippen MR) is 240 cm³/mol. The van der Waals surface area contributed by atoms with Crippen LogP contribution in [0.25, 0.3) is 88.6 Å². The van der Waals surface area contributed by atoms with E-state index >= 15 is 0 Å². The first kappa shape index (κ1) is 35.1. The molecule has 0 bridgehead atoms. The zero-order valence-electron chi connectivity index (χ0n) is 33.5. The SMILES string of the molecule is Cc1cc(C)cc(-c2ccc3c4ccccc4n(-c4cc(-c5nc(C)cc(C)n5)cc(-n5c6ccccc6c6ccc(-c7cc(C)cc(C)c7)cc65)c4C#N)c3c2)c1. The smallest absolute Gasteiger partial charge is 0.159 e. The molecule has 0 saturated heterocycles. The molecule has 278 valence electrons. The highest BCUT2D eigenvalue weighted by molar-refractivity contribution is 6.12. The first-order valence-corrected chi connectivity index (χ1v) is 19.8. The second-order valence-corrected chi connectivity index (χ2v) is 15.9. The molecule has 0 spiro atoms. The van der Waals surface area contributed by atoms with Gasteiger partial charge in [-0.2, -0.15) is 5.26 Å². The van der Waals surface area contributed by atoms with E-state index in [1.54, 1.807) is 0 Å². The highest BCUT2D eigenvalue weighted by Gasteiger charge is 2.24. The van der Waals surface area contributed by atoms with E-state index in [0.29, 0.717) is 11.4 Å². The number of aryl methyl sites for hydroxylation is 6. The summed E-state index contributed by atoms with van der Waals surface area (Å²) in [7, 11) is 0. The fraction of sp³-hybridized carbons (Fsp3) is 0.113. The van der Waals surface area contributed by atoms with Crippen molar-refractivity contribution in [3.63, 3.8) is 0 Å². The number of fused-ring (bicyclic) bond motifs is 6. The average molecular weight is 748 g/mol. The molecular formula is C53H41N5. The Hall–Kier alpha value is -7.29. The van der Waals surface area contributed by atoms with Crippen LogP contribution in [0.3, 0.4) is 0 Å². The summed E-state index contributed by atoms with van der Waals surface area (Å²) in [5.41, 5.74) is 18.3. The number of benzene rings is 7. The third-order valence-electron chi connectivity index (χ3n) is 11.4. The summed E-state index contributed by atoms with van der Waals surface area (Å²) in [6.07, 6.45) is 0. The Bertz CT molecular complexity index is 3120. The lowest BCUT2D eigenvalue weighted by Gasteiger charge is -2.18. The number of hydrogen-bond donors (Lipinski definition) is 0. The number of nitriles is 1. The Balaban J connectivity index is 1.34. The van der Waals surface area contributed by atoms with Gasteiger partial charge in [-0.1, -0.05) is 119 Å². The van der Waals surface area contributed by atoms with Crippen molar-refractivity contribution in [2.45, 2.75) is 41.5 Å². The number of aromatic nitrogens is 4. The van der Waals surface area contributed by atoms with E-state index in [2.05, 4.69) is 176 Å². The van der Waals surface area contributed by atoms with Crippen LogP contribution in [0.5, 0.6) is 0 Å². The van der Waals surface area contributed by atoms with Crippen molar-refractivity contribution < 1.29 is 0 Å². The van der Waals surface area contributed by atoms with Gasteiger partial charge in [-0.3, -0.25) is 0 Å². The van der Waals surface area contributed by atoms with Crippen LogP contribution in [0.1, 0.15) is 39.2 Å². The number of hydrogen-bond acceptors (Lipinski definition) is 3. The molecule has 10 aromatic rings. The molecule has 0 radical (unpaired) electrons. The fourth-order valence-corrected chi connectivity index (χ4v) is 9.17. The van der Waals surface area contributed by atoms with Gasteiger partial charge in [0.15, 0.2) is 5.82 Å². The molecule has 0 N–H and O–H groups in total. The minimum atomic E-state index is 0.562. The van der Waals surface area contributed by atoms with Gasteiger partial charge in [0.2, 0.25) is 0 Å². The van der Waals surface area contributed by atoms with E-state index in [0.717, 1.165) is 83.1 Å². The molecule has 0 aliphatic carbocycles. The molecule has 3 heterocycles. The molecule has 0 atom stereocenters. The van der Waals surface area contributed by atoms with Crippen LogP contribution >= 0.6 is 0 Å². The lowest BCUT2D eigenvalue weighted by Crippen LogP contribution is -2.06. The van der Waals surface area contributed by atoms with Crippen LogP contribution in [0, 0.1) is 52.9 Å². The van der Waals surface area contributed by atoms with Crippen molar-refractivity contribution in [1.29, 1.82) is 5.26 Å². The summed E-state index contributed by atoms with van der Waals surface area (Å²) in [5.74, 6) is 0.623. The molecule has 5 nitrogen and oxygen atoms in total. The molecule has 10 rings (SSSR count). The minimum Gasteiger partial charge on any atom is -0.308 e. The third-order valence-corrected chi connectivity index (χ3v) is 11.4. The Morgan fingerprint density at radius 1 is 0.397 bits per heavy atom. The monoisotopic (exact) mass is 747 g/mol. The summed E-state index contributed by atoms with van der Waals surface area (Å²) in [6.45, 7) is 12.6. The van der Waals surface area contributed by atoms with Crippen LogP contribution in [-0.2, 0) is 0 Å². The third kappa shape index (κ3) is 5.76. The Morgan fingerprint density at radius 3 is 1.24 bits per heavy atom. The van der Waals surface area contributed by atoms with Crippen molar-refractivity contribution in [3.8, 4) is 51.1 Å². The lowest BCUT2D eigenvalue weighted by atomic mass is 9.99. The van der Waals surface area contributed by atoms with Crippen LogP contribution in [0.15, 0.2) is 140 Å². The molecule has 0 aliphatic rings. The van der Waals surface area contributed by atoms with E-state index in [1.165, 1.54) is 33.4 Å². The summed E-state index contributed by atoms with van der Waals surface area (Å²) in [6, 6.07) is 52.8. The van der Waals surface area contributed by atoms with Gasteiger partial charge in [-0.15, -0.1) is 0 Å². The lowest BCUT2D eigenvalue weighted by molar-refractivity contribution is 1.05. The van der Waals surface area contributed by atoms with Gasteiger partial charge in [0.1, 0.15) is 11.6 Å². The maximum atomic E-state index is 11.5. The molecule has 3 aromatic heterocycles. The summed E-state index contributed by atoms with van der Waals surface area (Å²) in [4.78, 5) is 9.96. The predicted octanol–water partition coefficient (Wildman–Crippen LogP) is 13.4. The van der Waals surface area contributed by atoms with Crippen LogP contribution in [-0.4, -0.2) is 19.1 Å². The van der Waals surface area contributed by atoms with Gasteiger partial charge < -0.3 is 9.13 Å². The van der Waals surface area contributed by atoms with E-state index in [4.69, 9.17) is 9.97 Å². The topological polar surface area (TPSA) is 59.4 Å². The average Bonchev–Trinajstić information content (AvgIpc) is 3.71. The molecule has 7 aromatic carbocycles. The Labute approximate surface area is 338 Å². The molecular weight excluding hydrogens is 707 g/mol. The van der Waals surface area contributed by atoms with Crippen LogP contribution < -0.4 is 0 Å². The first-order valence-electron chi connectivity index (χ1n) is 19.8. The quantitative estimate of drug-likeness (QED) is 0.176. The van der Waals surface area contributed by atoms with Crippen molar-refractivity contribution in [1.82, 2.24) is 19.1 Å². The van der Waals surface area contributed by atoms with Crippen LogP contribution in [0.2, 0.25) is 0 Å². The van der Waals surface area contributed by atoms with Crippen molar-refractivity contribution in [2.75, 3.05) is 0 Å². The number of nitrogens with zero attached hydrogens (tertiary/aromatic N) is 5. The van der Waals surface area contributed by atoms with Gasteiger partial charge in [0.05, 0.1) is 33.4 Å².